The Labute approximate surface area is 115 Å². The van der Waals surface area contributed by atoms with Crippen LogP contribution in [0.15, 0.2) is 59.4 Å². The summed E-state index contributed by atoms with van der Waals surface area (Å²) in [5.74, 6) is 0. The summed E-state index contributed by atoms with van der Waals surface area (Å²) < 4.78 is 1.67. The average molecular weight is 270 g/mol. The molecule has 0 aliphatic rings. The second kappa shape index (κ2) is 4.56. The lowest BCUT2D eigenvalue weighted by Gasteiger charge is -2.10. The standard InChI is InChI=1S/C16H12ClNO/c1-18-15(11-5-3-2-4-6-11)10-12-9-13(17)7-8-14(12)16(18)19/h2-10H,1H3. The SMILES string of the molecule is Cn1c(-c2ccccc2)cc2cc(Cl)ccc2c1=O. The Morgan fingerprint density at radius 1 is 1.00 bits per heavy atom. The first-order chi connectivity index (χ1) is 9.16. The summed E-state index contributed by atoms with van der Waals surface area (Å²) in [5.41, 5.74) is 1.90. The van der Waals surface area contributed by atoms with Crippen LogP contribution in [0.2, 0.25) is 5.02 Å². The summed E-state index contributed by atoms with van der Waals surface area (Å²) in [6.45, 7) is 0. The minimum Gasteiger partial charge on any atom is -0.311 e. The molecule has 0 fully saturated rings. The maximum atomic E-state index is 12.4. The zero-order chi connectivity index (χ0) is 13.4. The van der Waals surface area contributed by atoms with E-state index in [2.05, 4.69) is 0 Å². The molecule has 0 saturated carbocycles. The maximum Gasteiger partial charge on any atom is 0.258 e. The number of halogens is 1. The van der Waals surface area contributed by atoms with E-state index in [1.807, 2.05) is 42.5 Å². The topological polar surface area (TPSA) is 22.0 Å². The molecule has 0 atom stereocenters. The van der Waals surface area contributed by atoms with E-state index in [0.29, 0.717) is 10.4 Å². The lowest BCUT2D eigenvalue weighted by Crippen LogP contribution is -2.18. The van der Waals surface area contributed by atoms with Gasteiger partial charge in [-0.25, -0.2) is 0 Å². The molecule has 0 spiro atoms. The molecule has 3 rings (SSSR count). The second-order valence-electron chi connectivity index (χ2n) is 4.49. The Kier molecular flexibility index (Phi) is 2.88. The van der Waals surface area contributed by atoms with Crippen molar-refractivity contribution in [3.63, 3.8) is 0 Å². The van der Waals surface area contributed by atoms with Crippen LogP contribution in [0.4, 0.5) is 0 Å². The maximum absolute atomic E-state index is 12.4. The van der Waals surface area contributed by atoms with Crippen LogP contribution in [0.3, 0.4) is 0 Å². The predicted octanol–water partition coefficient (Wildman–Crippen LogP) is 3.86. The van der Waals surface area contributed by atoms with Gasteiger partial charge < -0.3 is 4.57 Å². The van der Waals surface area contributed by atoms with Gasteiger partial charge in [0, 0.05) is 17.5 Å². The molecule has 3 heteroatoms. The smallest absolute Gasteiger partial charge is 0.258 e. The normalized spacial score (nSPS) is 10.8. The van der Waals surface area contributed by atoms with Gasteiger partial charge in [-0.15, -0.1) is 0 Å². The first-order valence-electron chi connectivity index (χ1n) is 6.01. The molecule has 0 radical (unpaired) electrons. The molecule has 0 saturated heterocycles. The van der Waals surface area contributed by atoms with E-state index in [1.54, 1.807) is 23.7 Å². The van der Waals surface area contributed by atoms with Crippen LogP contribution in [0.5, 0.6) is 0 Å². The molecule has 19 heavy (non-hydrogen) atoms. The zero-order valence-electron chi connectivity index (χ0n) is 10.4. The molecule has 0 aliphatic heterocycles. The third kappa shape index (κ3) is 2.04. The summed E-state index contributed by atoms with van der Waals surface area (Å²) in [6.07, 6.45) is 0. The molecule has 1 aromatic heterocycles. The van der Waals surface area contributed by atoms with Crippen LogP contribution in [0.25, 0.3) is 22.0 Å². The molecular weight excluding hydrogens is 258 g/mol. The number of hydrogen-bond acceptors (Lipinski definition) is 1. The molecule has 0 unspecified atom stereocenters. The number of benzene rings is 2. The highest BCUT2D eigenvalue weighted by atomic mass is 35.5. The van der Waals surface area contributed by atoms with Crippen molar-refractivity contribution in [3.8, 4) is 11.3 Å². The van der Waals surface area contributed by atoms with Crippen molar-refractivity contribution in [1.29, 1.82) is 0 Å². The van der Waals surface area contributed by atoms with Crippen molar-refractivity contribution in [1.82, 2.24) is 4.57 Å². The largest absolute Gasteiger partial charge is 0.311 e. The predicted molar refractivity (Wildman–Crippen MR) is 79.6 cm³/mol. The van der Waals surface area contributed by atoms with Crippen molar-refractivity contribution in [2.24, 2.45) is 7.05 Å². The van der Waals surface area contributed by atoms with E-state index in [-0.39, 0.29) is 5.56 Å². The van der Waals surface area contributed by atoms with Crippen molar-refractivity contribution in [2.75, 3.05) is 0 Å². The Morgan fingerprint density at radius 2 is 1.74 bits per heavy atom. The monoisotopic (exact) mass is 269 g/mol. The summed E-state index contributed by atoms with van der Waals surface area (Å²) >= 11 is 6.00. The van der Waals surface area contributed by atoms with E-state index in [4.69, 9.17) is 11.6 Å². The van der Waals surface area contributed by atoms with Crippen molar-refractivity contribution < 1.29 is 0 Å². The van der Waals surface area contributed by atoms with Crippen LogP contribution in [0.1, 0.15) is 0 Å². The molecule has 0 amide bonds. The fourth-order valence-corrected chi connectivity index (χ4v) is 2.45. The minimum absolute atomic E-state index is 0.00646. The van der Waals surface area contributed by atoms with E-state index in [0.717, 1.165) is 16.6 Å². The average Bonchev–Trinajstić information content (AvgIpc) is 2.43. The summed E-state index contributed by atoms with van der Waals surface area (Å²) in [4.78, 5) is 12.4. The highest BCUT2D eigenvalue weighted by Crippen LogP contribution is 2.23. The quantitative estimate of drug-likeness (QED) is 0.657. The number of hydrogen-bond donors (Lipinski definition) is 0. The number of pyridine rings is 1. The Bertz CT molecular complexity index is 806. The van der Waals surface area contributed by atoms with Crippen LogP contribution < -0.4 is 5.56 Å². The number of fused-ring (bicyclic) bond motifs is 1. The van der Waals surface area contributed by atoms with Gasteiger partial charge in [0.25, 0.3) is 5.56 Å². The first-order valence-corrected chi connectivity index (χ1v) is 6.39. The zero-order valence-corrected chi connectivity index (χ0v) is 11.2. The Balaban J connectivity index is 2.38. The van der Waals surface area contributed by atoms with Gasteiger partial charge in [0.1, 0.15) is 0 Å². The van der Waals surface area contributed by atoms with Gasteiger partial charge in [-0.1, -0.05) is 41.9 Å². The third-order valence-corrected chi connectivity index (χ3v) is 3.51. The van der Waals surface area contributed by atoms with Crippen molar-refractivity contribution in [3.05, 3.63) is 70.0 Å². The van der Waals surface area contributed by atoms with Gasteiger partial charge in [0.05, 0.1) is 5.69 Å². The number of nitrogens with zero attached hydrogens (tertiary/aromatic N) is 1. The molecular formula is C16H12ClNO. The van der Waals surface area contributed by atoms with Crippen LogP contribution in [0, 0.1) is 0 Å². The highest BCUT2D eigenvalue weighted by molar-refractivity contribution is 6.31. The Morgan fingerprint density at radius 3 is 2.47 bits per heavy atom. The molecule has 94 valence electrons. The molecule has 2 nitrogen and oxygen atoms in total. The minimum atomic E-state index is -0.00646. The lowest BCUT2D eigenvalue weighted by atomic mass is 10.1. The molecule has 0 bridgehead atoms. The van der Waals surface area contributed by atoms with Crippen molar-refractivity contribution in [2.45, 2.75) is 0 Å². The van der Waals surface area contributed by atoms with Gasteiger partial charge in [-0.2, -0.15) is 0 Å². The van der Waals surface area contributed by atoms with Crippen LogP contribution in [-0.4, -0.2) is 4.57 Å². The fourth-order valence-electron chi connectivity index (χ4n) is 2.27. The van der Waals surface area contributed by atoms with Gasteiger partial charge >= 0.3 is 0 Å². The molecule has 2 aromatic carbocycles. The fraction of sp³-hybridized carbons (Fsp3) is 0.0625. The highest BCUT2D eigenvalue weighted by Gasteiger charge is 2.08. The van der Waals surface area contributed by atoms with Gasteiger partial charge in [0.2, 0.25) is 0 Å². The molecule has 0 aliphatic carbocycles. The van der Waals surface area contributed by atoms with E-state index < -0.39 is 0 Å². The lowest BCUT2D eigenvalue weighted by molar-refractivity contribution is 0.883. The van der Waals surface area contributed by atoms with Crippen LogP contribution >= 0.6 is 11.6 Å². The summed E-state index contributed by atoms with van der Waals surface area (Å²) in [7, 11) is 1.79. The molecule has 3 aromatic rings. The Hall–Kier alpha value is -2.06. The van der Waals surface area contributed by atoms with Crippen LogP contribution in [-0.2, 0) is 7.05 Å². The number of rotatable bonds is 1. The van der Waals surface area contributed by atoms with E-state index in [9.17, 15) is 4.79 Å². The van der Waals surface area contributed by atoms with Gasteiger partial charge in [-0.3, -0.25) is 4.79 Å². The first kappa shape index (κ1) is 12.0. The molecule has 1 heterocycles. The third-order valence-electron chi connectivity index (χ3n) is 3.27. The molecule has 0 N–H and O–H groups in total. The summed E-state index contributed by atoms with van der Waals surface area (Å²) in [5, 5.41) is 2.20. The van der Waals surface area contributed by atoms with Crippen molar-refractivity contribution >= 4 is 22.4 Å². The van der Waals surface area contributed by atoms with E-state index >= 15 is 0 Å². The second-order valence-corrected chi connectivity index (χ2v) is 4.93. The summed E-state index contributed by atoms with van der Waals surface area (Å²) in [6, 6.07) is 17.2. The van der Waals surface area contributed by atoms with Gasteiger partial charge in [0.15, 0.2) is 0 Å². The van der Waals surface area contributed by atoms with E-state index in [1.165, 1.54) is 0 Å². The van der Waals surface area contributed by atoms with Gasteiger partial charge in [-0.05, 0) is 35.2 Å². The number of aromatic nitrogens is 1.